The number of hydrogen-bond acceptors (Lipinski definition) is 5. The van der Waals surface area contributed by atoms with Gasteiger partial charge >= 0.3 is 0 Å². The molecule has 1 fully saturated rings. The number of hydrogen-bond donors (Lipinski definition) is 0. The Balaban J connectivity index is 1.70. The van der Waals surface area contributed by atoms with Crippen molar-refractivity contribution in [1.82, 2.24) is 15.1 Å². The molecular formula is C15H14F3N3O3. The molecule has 0 spiro atoms. The Hall–Kier alpha value is -2.42. The van der Waals surface area contributed by atoms with Gasteiger partial charge in [-0.1, -0.05) is 0 Å². The number of nitrogens with zero attached hydrogens (tertiary/aromatic N) is 3. The SMILES string of the molecule is Cc1nnc(C2CN(C(=O)Cc3cc(F)c(F)cc3F)CCO2)o1. The van der Waals surface area contributed by atoms with E-state index in [1.165, 1.54) is 4.90 Å². The Morgan fingerprint density at radius 2 is 2.00 bits per heavy atom. The van der Waals surface area contributed by atoms with E-state index in [4.69, 9.17) is 9.15 Å². The van der Waals surface area contributed by atoms with Gasteiger partial charge in [0, 0.05) is 25.1 Å². The van der Waals surface area contributed by atoms with Crippen LogP contribution in [0.3, 0.4) is 0 Å². The molecule has 1 aliphatic heterocycles. The number of morpholine rings is 1. The van der Waals surface area contributed by atoms with Crippen LogP contribution in [0.25, 0.3) is 0 Å². The lowest BCUT2D eigenvalue weighted by Gasteiger charge is -2.31. The highest BCUT2D eigenvalue weighted by Gasteiger charge is 2.29. The number of aromatic nitrogens is 2. The molecule has 1 amide bonds. The van der Waals surface area contributed by atoms with Crippen molar-refractivity contribution >= 4 is 5.91 Å². The first-order chi connectivity index (χ1) is 11.4. The number of ether oxygens (including phenoxy) is 1. The van der Waals surface area contributed by atoms with Crippen molar-refractivity contribution in [2.75, 3.05) is 19.7 Å². The predicted octanol–water partition coefficient (Wildman–Crippen LogP) is 1.94. The van der Waals surface area contributed by atoms with Crippen molar-refractivity contribution in [2.24, 2.45) is 0 Å². The molecule has 1 aromatic carbocycles. The van der Waals surface area contributed by atoms with E-state index in [1.807, 2.05) is 0 Å². The summed E-state index contributed by atoms with van der Waals surface area (Å²) >= 11 is 0. The molecule has 2 aromatic rings. The Morgan fingerprint density at radius 3 is 2.71 bits per heavy atom. The fourth-order valence-corrected chi connectivity index (χ4v) is 2.44. The van der Waals surface area contributed by atoms with Crippen LogP contribution >= 0.6 is 0 Å². The van der Waals surface area contributed by atoms with Crippen LogP contribution in [0, 0.1) is 24.4 Å². The summed E-state index contributed by atoms with van der Waals surface area (Å²) in [5, 5.41) is 7.55. The van der Waals surface area contributed by atoms with E-state index < -0.39 is 29.5 Å². The molecular weight excluding hydrogens is 327 g/mol. The summed E-state index contributed by atoms with van der Waals surface area (Å²) in [6.07, 6.45) is -0.947. The molecule has 0 N–H and O–H groups in total. The van der Waals surface area contributed by atoms with Crippen LogP contribution in [-0.2, 0) is 16.0 Å². The van der Waals surface area contributed by atoms with E-state index in [2.05, 4.69) is 10.2 Å². The highest BCUT2D eigenvalue weighted by Crippen LogP contribution is 2.22. The first-order valence-corrected chi connectivity index (χ1v) is 7.27. The zero-order valence-corrected chi connectivity index (χ0v) is 12.8. The summed E-state index contributed by atoms with van der Waals surface area (Å²) in [5.74, 6) is -3.24. The number of benzene rings is 1. The number of aryl methyl sites for hydroxylation is 1. The minimum Gasteiger partial charge on any atom is -0.423 e. The quantitative estimate of drug-likeness (QED) is 0.798. The van der Waals surface area contributed by atoms with Gasteiger partial charge in [0.1, 0.15) is 5.82 Å². The number of carbonyl (C=O) groups excluding carboxylic acids is 1. The smallest absolute Gasteiger partial charge is 0.246 e. The van der Waals surface area contributed by atoms with Crippen molar-refractivity contribution in [2.45, 2.75) is 19.4 Å². The van der Waals surface area contributed by atoms with Crippen LogP contribution < -0.4 is 0 Å². The normalized spacial score (nSPS) is 18.0. The molecule has 128 valence electrons. The van der Waals surface area contributed by atoms with Crippen LogP contribution in [0.1, 0.15) is 23.4 Å². The average Bonchev–Trinajstić information content (AvgIpc) is 2.99. The molecule has 9 heteroatoms. The first kappa shape index (κ1) is 16.4. The van der Waals surface area contributed by atoms with Gasteiger partial charge in [-0.15, -0.1) is 10.2 Å². The molecule has 1 atom stereocenters. The second-order valence-electron chi connectivity index (χ2n) is 5.39. The monoisotopic (exact) mass is 341 g/mol. The first-order valence-electron chi connectivity index (χ1n) is 7.27. The Labute approximate surface area is 135 Å². The summed E-state index contributed by atoms with van der Waals surface area (Å²) in [6.45, 7) is 2.34. The van der Waals surface area contributed by atoms with E-state index in [9.17, 15) is 18.0 Å². The molecule has 2 heterocycles. The van der Waals surface area contributed by atoms with Crippen LogP contribution in [0.15, 0.2) is 16.5 Å². The molecule has 1 saturated heterocycles. The average molecular weight is 341 g/mol. The maximum atomic E-state index is 13.7. The summed E-state index contributed by atoms with van der Waals surface area (Å²) in [7, 11) is 0. The largest absolute Gasteiger partial charge is 0.423 e. The van der Waals surface area contributed by atoms with Crippen LogP contribution in [0.4, 0.5) is 13.2 Å². The molecule has 0 saturated carbocycles. The lowest BCUT2D eigenvalue weighted by molar-refractivity contribution is -0.139. The minimum absolute atomic E-state index is 0.158. The Kier molecular flexibility index (Phi) is 4.52. The van der Waals surface area contributed by atoms with Gasteiger partial charge in [0.25, 0.3) is 0 Å². The van der Waals surface area contributed by atoms with Gasteiger partial charge in [0.2, 0.25) is 17.7 Å². The molecule has 1 aliphatic rings. The summed E-state index contributed by atoms with van der Waals surface area (Å²) in [6, 6.07) is 1.13. The highest BCUT2D eigenvalue weighted by atomic mass is 19.2. The minimum atomic E-state index is -1.29. The second-order valence-corrected chi connectivity index (χ2v) is 5.39. The molecule has 1 unspecified atom stereocenters. The molecule has 0 radical (unpaired) electrons. The number of amides is 1. The van der Waals surface area contributed by atoms with E-state index in [-0.39, 0.29) is 31.0 Å². The fraction of sp³-hybridized carbons (Fsp3) is 0.400. The van der Waals surface area contributed by atoms with Crippen molar-refractivity contribution in [3.05, 3.63) is 46.9 Å². The van der Waals surface area contributed by atoms with Crippen molar-refractivity contribution in [1.29, 1.82) is 0 Å². The molecule has 6 nitrogen and oxygen atoms in total. The number of halogens is 3. The van der Waals surface area contributed by atoms with Crippen molar-refractivity contribution in [3.63, 3.8) is 0 Å². The summed E-state index contributed by atoms with van der Waals surface area (Å²) < 4.78 is 50.6. The zero-order chi connectivity index (χ0) is 17.3. The van der Waals surface area contributed by atoms with Gasteiger partial charge in [0.05, 0.1) is 19.6 Å². The van der Waals surface area contributed by atoms with Gasteiger partial charge < -0.3 is 14.1 Å². The second kappa shape index (κ2) is 6.60. The van der Waals surface area contributed by atoms with Crippen LogP contribution in [-0.4, -0.2) is 40.7 Å². The van der Waals surface area contributed by atoms with Gasteiger partial charge in [-0.3, -0.25) is 4.79 Å². The van der Waals surface area contributed by atoms with Gasteiger partial charge in [-0.05, 0) is 6.07 Å². The molecule has 1 aromatic heterocycles. The Morgan fingerprint density at radius 1 is 1.25 bits per heavy atom. The van der Waals surface area contributed by atoms with E-state index in [1.54, 1.807) is 6.92 Å². The maximum Gasteiger partial charge on any atom is 0.246 e. The predicted molar refractivity (Wildman–Crippen MR) is 74.3 cm³/mol. The van der Waals surface area contributed by atoms with Gasteiger partial charge in [-0.25, -0.2) is 13.2 Å². The van der Waals surface area contributed by atoms with Crippen molar-refractivity contribution < 1.29 is 27.1 Å². The van der Waals surface area contributed by atoms with Crippen LogP contribution in [0.5, 0.6) is 0 Å². The molecule has 3 rings (SSSR count). The molecule has 24 heavy (non-hydrogen) atoms. The number of carbonyl (C=O) groups is 1. The van der Waals surface area contributed by atoms with Gasteiger partial charge in [-0.2, -0.15) is 0 Å². The third kappa shape index (κ3) is 3.40. The lowest BCUT2D eigenvalue weighted by atomic mass is 10.1. The third-order valence-corrected chi connectivity index (χ3v) is 3.67. The van der Waals surface area contributed by atoms with E-state index in [0.717, 1.165) is 0 Å². The van der Waals surface area contributed by atoms with Crippen LogP contribution in [0.2, 0.25) is 0 Å². The van der Waals surface area contributed by atoms with E-state index >= 15 is 0 Å². The zero-order valence-electron chi connectivity index (χ0n) is 12.8. The third-order valence-electron chi connectivity index (χ3n) is 3.67. The molecule has 0 aliphatic carbocycles. The standard InChI is InChI=1S/C15H14F3N3O3/c1-8-19-20-15(24-8)13-7-21(2-3-23-13)14(22)5-9-4-11(17)12(18)6-10(9)16/h4,6,13H,2-3,5,7H2,1H3. The highest BCUT2D eigenvalue weighted by molar-refractivity contribution is 5.79. The van der Waals surface area contributed by atoms with Gasteiger partial charge in [0.15, 0.2) is 17.7 Å². The topological polar surface area (TPSA) is 68.5 Å². The molecule has 0 bridgehead atoms. The number of rotatable bonds is 3. The summed E-state index contributed by atoms with van der Waals surface area (Å²) in [5.41, 5.74) is -0.199. The maximum absolute atomic E-state index is 13.7. The van der Waals surface area contributed by atoms with Crippen molar-refractivity contribution in [3.8, 4) is 0 Å². The lowest BCUT2D eigenvalue weighted by Crippen LogP contribution is -2.43. The fourth-order valence-electron chi connectivity index (χ4n) is 2.44. The summed E-state index contributed by atoms with van der Waals surface area (Å²) in [4.78, 5) is 13.8. The Bertz CT molecular complexity index is 766. The van der Waals surface area contributed by atoms with E-state index in [0.29, 0.717) is 24.6 Å².